The van der Waals surface area contributed by atoms with Crippen LogP contribution in [0.3, 0.4) is 0 Å². The Bertz CT molecular complexity index is 640. The van der Waals surface area contributed by atoms with E-state index >= 15 is 0 Å². The summed E-state index contributed by atoms with van der Waals surface area (Å²) < 4.78 is 0. The monoisotopic (exact) mass is 371 g/mol. The Morgan fingerprint density at radius 1 is 1.11 bits per heavy atom. The summed E-state index contributed by atoms with van der Waals surface area (Å²) in [4.78, 5) is 25.8. The van der Waals surface area contributed by atoms with E-state index in [9.17, 15) is 9.59 Å². The van der Waals surface area contributed by atoms with Crippen LogP contribution in [0.25, 0.3) is 0 Å². The molecule has 0 saturated heterocycles. The lowest BCUT2D eigenvalue weighted by Gasteiger charge is -2.59. The van der Waals surface area contributed by atoms with Crippen molar-refractivity contribution in [1.29, 1.82) is 0 Å². The van der Waals surface area contributed by atoms with Crippen LogP contribution in [0, 0.1) is 40.4 Å². The van der Waals surface area contributed by atoms with E-state index in [1.54, 1.807) is 0 Å². The van der Waals surface area contributed by atoms with Gasteiger partial charge in [-0.3, -0.25) is 9.59 Å². The summed E-state index contributed by atoms with van der Waals surface area (Å²) in [7, 11) is 0. The van der Waals surface area contributed by atoms with E-state index in [-0.39, 0.29) is 16.7 Å². The molecule has 4 saturated carbocycles. The number of Topliss-reactive ketones (excluding diaryl/α,β-unsaturated/α-hetero) is 2. The Morgan fingerprint density at radius 3 is 2.70 bits per heavy atom. The summed E-state index contributed by atoms with van der Waals surface area (Å²) in [5, 5.41) is 0. The van der Waals surface area contributed by atoms with Gasteiger partial charge in [0.05, 0.1) is 0 Å². The van der Waals surface area contributed by atoms with Gasteiger partial charge < -0.3 is 5.73 Å². The molecule has 0 aliphatic heterocycles. The number of ketones is 2. The van der Waals surface area contributed by atoms with Crippen LogP contribution in [0.1, 0.15) is 78.1 Å². The molecule has 2 N–H and O–H groups in total. The van der Waals surface area contributed by atoms with Crippen molar-refractivity contribution in [3.8, 4) is 0 Å². The summed E-state index contributed by atoms with van der Waals surface area (Å²) >= 11 is 0. The van der Waals surface area contributed by atoms with Crippen LogP contribution in [-0.2, 0) is 9.59 Å². The lowest BCUT2D eigenvalue weighted by molar-refractivity contribution is -0.157. The van der Waals surface area contributed by atoms with Crippen LogP contribution in [0.4, 0.5) is 0 Å². The fourth-order valence-electron chi connectivity index (χ4n) is 7.54. The van der Waals surface area contributed by atoms with Crippen LogP contribution in [0.2, 0.25) is 0 Å². The van der Waals surface area contributed by atoms with Crippen LogP contribution < -0.4 is 5.73 Å². The molecule has 4 unspecified atom stereocenters. The maximum absolute atomic E-state index is 13.3. The van der Waals surface area contributed by atoms with Crippen molar-refractivity contribution in [2.24, 2.45) is 46.2 Å². The highest BCUT2D eigenvalue weighted by Crippen LogP contribution is 2.65. The van der Waals surface area contributed by atoms with Gasteiger partial charge in [-0.25, -0.2) is 0 Å². The van der Waals surface area contributed by atoms with Crippen molar-refractivity contribution in [1.82, 2.24) is 0 Å². The first kappa shape index (κ1) is 19.4. The highest BCUT2D eigenvalue weighted by atomic mass is 16.1. The summed E-state index contributed by atoms with van der Waals surface area (Å²) in [5.74, 6) is 3.33. The summed E-state index contributed by atoms with van der Waals surface area (Å²) in [6.07, 6.45) is 14.9. The van der Waals surface area contributed by atoms with Gasteiger partial charge in [-0.15, -0.1) is 0 Å². The van der Waals surface area contributed by atoms with Gasteiger partial charge in [0.15, 0.2) is 0 Å². The molecule has 0 aromatic carbocycles. The highest BCUT2D eigenvalue weighted by Gasteiger charge is 2.62. The molecule has 3 heteroatoms. The second kappa shape index (κ2) is 7.13. The molecule has 4 rings (SSSR count). The third-order valence-electron chi connectivity index (χ3n) is 9.19. The first-order valence-corrected chi connectivity index (χ1v) is 11.3. The molecule has 0 radical (unpaired) electrons. The van der Waals surface area contributed by atoms with E-state index in [0.717, 1.165) is 57.9 Å². The molecule has 4 fully saturated rings. The van der Waals surface area contributed by atoms with Crippen LogP contribution >= 0.6 is 0 Å². The van der Waals surface area contributed by atoms with Gasteiger partial charge >= 0.3 is 0 Å². The fraction of sp³-hybridized carbons (Fsp3) is 0.833. The van der Waals surface area contributed by atoms with Crippen molar-refractivity contribution >= 4 is 11.6 Å². The first-order chi connectivity index (χ1) is 12.9. The smallest absolute Gasteiger partial charge is 0.139 e. The van der Waals surface area contributed by atoms with Gasteiger partial charge in [0.2, 0.25) is 0 Å². The molecule has 0 amide bonds. The van der Waals surface area contributed by atoms with Gasteiger partial charge in [0, 0.05) is 24.2 Å². The Labute approximate surface area is 164 Å². The number of unbranched alkanes of at least 4 members (excludes halogenated alkanes) is 1. The number of hydrogen-bond acceptors (Lipinski definition) is 3. The van der Waals surface area contributed by atoms with Crippen molar-refractivity contribution in [2.75, 3.05) is 6.54 Å². The number of allylic oxidation sites excluding steroid dienone is 2. The number of fused-ring (bicyclic) bond motifs is 5. The Kier molecular flexibility index (Phi) is 5.12. The van der Waals surface area contributed by atoms with Crippen molar-refractivity contribution in [3.05, 3.63) is 12.2 Å². The zero-order chi connectivity index (χ0) is 19.2. The van der Waals surface area contributed by atoms with Crippen molar-refractivity contribution < 1.29 is 9.59 Å². The minimum Gasteiger partial charge on any atom is -0.330 e. The second-order valence-corrected chi connectivity index (χ2v) is 10.4. The van der Waals surface area contributed by atoms with Crippen LogP contribution in [0.5, 0.6) is 0 Å². The van der Waals surface area contributed by atoms with E-state index in [2.05, 4.69) is 26.0 Å². The van der Waals surface area contributed by atoms with E-state index < -0.39 is 0 Å². The largest absolute Gasteiger partial charge is 0.330 e. The standard InChI is InChI=1S/C24H37NO2/c1-23-11-9-16(6-4-3-5-13-25)14-20(23)21(26)15-17-18-7-8-22(27)24(18,2)12-10-19(17)23/h4,6,16-20H,3,5,7-15,25H2,1-2H3/b6-4-/t16?,17?,18?,19?,20-,23-,24+/m1/s1. The highest BCUT2D eigenvalue weighted by molar-refractivity contribution is 5.88. The number of carbonyl (C=O) groups is 2. The van der Waals surface area contributed by atoms with Crippen molar-refractivity contribution in [3.63, 3.8) is 0 Å². The third-order valence-corrected chi connectivity index (χ3v) is 9.19. The Balaban J connectivity index is 1.52. The zero-order valence-corrected chi connectivity index (χ0v) is 17.2. The summed E-state index contributed by atoms with van der Waals surface area (Å²) in [6.45, 7) is 5.37. The average molecular weight is 372 g/mol. The molecule has 0 heterocycles. The van der Waals surface area contributed by atoms with E-state index in [1.807, 2.05) is 0 Å². The Morgan fingerprint density at radius 2 is 1.93 bits per heavy atom. The van der Waals surface area contributed by atoms with Crippen LogP contribution in [-0.4, -0.2) is 18.1 Å². The predicted molar refractivity (Wildman–Crippen MR) is 108 cm³/mol. The number of rotatable bonds is 4. The maximum atomic E-state index is 13.3. The molecule has 0 spiro atoms. The van der Waals surface area contributed by atoms with E-state index in [4.69, 9.17) is 5.73 Å². The average Bonchev–Trinajstić information content (AvgIpc) is 2.95. The van der Waals surface area contributed by atoms with E-state index in [0.29, 0.717) is 35.2 Å². The molecule has 4 aliphatic rings. The molecular formula is C24H37NO2. The van der Waals surface area contributed by atoms with Gasteiger partial charge in [0.1, 0.15) is 11.6 Å². The lowest BCUT2D eigenvalue weighted by atomic mass is 9.44. The normalized spacial score (nSPS) is 47.0. The molecule has 0 bridgehead atoms. The number of carbonyl (C=O) groups excluding carboxylic acids is 2. The van der Waals surface area contributed by atoms with Gasteiger partial charge in [0.25, 0.3) is 0 Å². The molecule has 0 aromatic heterocycles. The number of hydrogen-bond donors (Lipinski definition) is 1. The third kappa shape index (κ3) is 3.05. The quantitative estimate of drug-likeness (QED) is 0.576. The molecule has 3 nitrogen and oxygen atoms in total. The number of nitrogens with two attached hydrogens (primary N) is 1. The van der Waals surface area contributed by atoms with Gasteiger partial charge in [-0.1, -0.05) is 26.0 Å². The molecule has 0 aromatic rings. The SMILES string of the molecule is C[C@]12CCC3C(CC(=O)[C@H]4CC(/C=C\CCCN)CC[C@]34C)C1CCC2=O. The zero-order valence-electron chi connectivity index (χ0n) is 17.2. The summed E-state index contributed by atoms with van der Waals surface area (Å²) in [5.41, 5.74) is 5.62. The predicted octanol–water partition coefficient (Wildman–Crippen LogP) is 4.69. The first-order valence-electron chi connectivity index (χ1n) is 11.3. The van der Waals surface area contributed by atoms with Crippen molar-refractivity contribution in [2.45, 2.75) is 78.1 Å². The maximum Gasteiger partial charge on any atom is 0.139 e. The topological polar surface area (TPSA) is 60.2 Å². The van der Waals surface area contributed by atoms with E-state index in [1.165, 1.54) is 12.8 Å². The minimum atomic E-state index is -0.131. The second-order valence-electron chi connectivity index (χ2n) is 10.4. The molecule has 7 atom stereocenters. The van der Waals surface area contributed by atoms with Gasteiger partial charge in [-0.2, -0.15) is 0 Å². The molecule has 4 aliphatic carbocycles. The summed E-state index contributed by atoms with van der Waals surface area (Å²) in [6, 6.07) is 0. The van der Waals surface area contributed by atoms with Crippen LogP contribution in [0.15, 0.2) is 12.2 Å². The minimum absolute atomic E-state index is 0.131. The molecular weight excluding hydrogens is 334 g/mol. The lowest BCUT2D eigenvalue weighted by Crippen LogP contribution is -2.56. The molecule has 150 valence electrons. The Hall–Kier alpha value is -0.960. The van der Waals surface area contributed by atoms with Gasteiger partial charge in [-0.05, 0) is 87.0 Å². The fourth-order valence-corrected chi connectivity index (χ4v) is 7.54. The molecule has 27 heavy (non-hydrogen) atoms.